The van der Waals surface area contributed by atoms with Gasteiger partial charge in [0.1, 0.15) is 5.82 Å². The summed E-state index contributed by atoms with van der Waals surface area (Å²) < 4.78 is 17.8. The van der Waals surface area contributed by atoms with E-state index in [9.17, 15) is 14.0 Å². The van der Waals surface area contributed by atoms with Gasteiger partial charge in [-0.3, -0.25) is 9.59 Å². The number of hydrogen-bond acceptors (Lipinski definition) is 3. The maximum Gasteiger partial charge on any atom is 0.310 e. The largest absolute Gasteiger partial charge is 0.455 e. The minimum Gasteiger partial charge on any atom is -0.455 e. The Kier molecular flexibility index (Phi) is 5.49. The van der Waals surface area contributed by atoms with E-state index in [1.54, 1.807) is 30.3 Å². The molecule has 6 heteroatoms. The van der Waals surface area contributed by atoms with Gasteiger partial charge in [0.25, 0.3) is 5.91 Å². The zero-order valence-corrected chi connectivity index (χ0v) is 12.3. The number of carbonyl (C=O) groups is 2. The first kappa shape index (κ1) is 16.0. The molecule has 2 aromatic carbocycles. The summed E-state index contributed by atoms with van der Waals surface area (Å²) in [7, 11) is 0. The molecular weight excluding hydrogens is 309 g/mol. The van der Waals surface area contributed by atoms with Gasteiger partial charge in [0.15, 0.2) is 6.61 Å². The molecule has 1 amide bonds. The predicted octanol–water partition coefficient (Wildman–Crippen LogP) is 3.20. The summed E-state index contributed by atoms with van der Waals surface area (Å²) in [5.41, 5.74) is 0.923. The van der Waals surface area contributed by atoms with Gasteiger partial charge in [-0.1, -0.05) is 35.9 Å². The van der Waals surface area contributed by atoms with Crippen LogP contribution in [-0.2, 0) is 20.7 Å². The zero-order chi connectivity index (χ0) is 15.9. The Morgan fingerprint density at radius 2 is 1.91 bits per heavy atom. The van der Waals surface area contributed by atoms with Crippen LogP contribution in [0.4, 0.5) is 10.1 Å². The molecule has 0 fully saturated rings. The normalized spacial score (nSPS) is 10.1. The van der Waals surface area contributed by atoms with Crippen molar-refractivity contribution < 1.29 is 18.7 Å². The number of para-hydroxylation sites is 1. The molecule has 0 aliphatic heterocycles. The molecule has 0 aliphatic rings. The van der Waals surface area contributed by atoms with E-state index >= 15 is 0 Å². The Labute approximate surface area is 131 Å². The van der Waals surface area contributed by atoms with Crippen molar-refractivity contribution in [2.24, 2.45) is 0 Å². The van der Waals surface area contributed by atoms with E-state index in [4.69, 9.17) is 16.3 Å². The summed E-state index contributed by atoms with van der Waals surface area (Å²) in [5.74, 6) is -1.54. The Hall–Kier alpha value is -2.40. The lowest BCUT2D eigenvalue weighted by Gasteiger charge is -2.08. The number of benzene rings is 2. The quantitative estimate of drug-likeness (QED) is 0.860. The molecule has 0 spiro atoms. The summed E-state index contributed by atoms with van der Waals surface area (Å²) >= 11 is 5.90. The van der Waals surface area contributed by atoms with E-state index in [0.29, 0.717) is 16.3 Å². The van der Waals surface area contributed by atoms with Crippen molar-refractivity contribution in [3.63, 3.8) is 0 Å². The zero-order valence-electron chi connectivity index (χ0n) is 11.5. The third-order valence-corrected chi connectivity index (χ3v) is 3.08. The number of anilines is 1. The molecule has 0 saturated carbocycles. The van der Waals surface area contributed by atoms with E-state index < -0.39 is 24.3 Å². The molecule has 0 unspecified atom stereocenters. The fourth-order valence-electron chi connectivity index (χ4n) is 1.76. The monoisotopic (exact) mass is 321 g/mol. The van der Waals surface area contributed by atoms with Crippen LogP contribution in [0, 0.1) is 5.82 Å². The van der Waals surface area contributed by atoms with Gasteiger partial charge < -0.3 is 10.1 Å². The van der Waals surface area contributed by atoms with Gasteiger partial charge in [0.05, 0.1) is 17.1 Å². The Bertz CT molecular complexity index is 691. The van der Waals surface area contributed by atoms with Gasteiger partial charge in [-0.25, -0.2) is 4.39 Å². The van der Waals surface area contributed by atoms with Crippen molar-refractivity contribution in [3.8, 4) is 0 Å². The first-order chi connectivity index (χ1) is 10.5. The third-order valence-electron chi connectivity index (χ3n) is 2.75. The average Bonchev–Trinajstić information content (AvgIpc) is 2.48. The molecular formula is C16H13ClFNO3. The summed E-state index contributed by atoms with van der Waals surface area (Å²) in [6.45, 7) is -0.431. The molecule has 4 nitrogen and oxygen atoms in total. The minimum atomic E-state index is -0.611. The SMILES string of the molecule is O=C(COC(=O)Cc1cccc(F)c1)Nc1ccccc1Cl. The Balaban J connectivity index is 1.81. The highest BCUT2D eigenvalue weighted by Crippen LogP contribution is 2.20. The highest BCUT2D eigenvalue weighted by molar-refractivity contribution is 6.33. The fraction of sp³-hybridized carbons (Fsp3) is 0.125. The molecule has 0 aliphatic carbocycles. The van der Waals surface area contributed by atoms with Crippen molar-refractivity contribution in [1.29, 1.82) is 0 Å². The van der Waals surface area contributed by atoms with Crippen LogP contribution in [0.5, 0.6) is 0 Å². The molecule has 0 aromatic heterocycles. The van der Waals surface area contributed by atoms with Gasteiger partial charge >= 0.3 is 5.97 Å². The molecule has 0 bridgehead atoms. The highest BCUT2D eigenvalue weighted by Gasteiger charge is 2.10. The smallest absolute Gasteiger partial charge is 0.310 e. The number of hydrogen-bond donors (Lipinski definition) is 1. The van der Waals surface area contributed by atoms with Gasteiger partial charge in [0.2, 0.25) is 0 Å². The van der Waals surface area contributed by atoms with Gasteiger partial charge in [0, 0.05) is 0 Å². The van der Waals surface area contributed by atoms with Gasteiger partial charge in [-0.2, -0.15) is 0 Å². The molecule has 0 saturated heterocycles. The van der Waals surface area contributed by atoms with E-state index in [0.717, 1.165) is 0 Å². The van der Waals surface area contributed by atoms with Crippen LogP contribution in [0.3, 0.4) is 0 Å². The van der Waals surface area contributed by atoms with Crippen LogP contribution in [-0.4, -0.2) is 18.5 Å². The van der Waals surface area contributed by atoms with E-state index in [1.807, 2.05) is 0 Å². The summed E-state index contributed by atoms with van der Waals surface area (Å²) in [6.07, 6.45) is -0.100. The number of halogens is 2. The van der Waals surface area contributed by atoms with Gasteiger partial charge in [-0.15, -0.1) is 0 Å². The summed E-state index contributed by atoms with van der Waals surface area (Å²) in [5, 5.41) is 2.92. The van der Waals surface area contributed by atoms with Crippen LogP contribution in [0.1, 0.15) is 5.56 Å². The van der Waals surface area contributed by atoms with Crippen molar-refractivity contribution in [1.82, 2.24) is 0 Å². The number of carbonyl (C=O) groups excluding carboxylic acids is 2. The van der Waals surface area contributed by atoms with Crippen LogP contribution in [0.2, 0.25) is 5.02 Å². The van der Waals surface area contributed by atoms with Crippen LogP contribution in [0.15, 0.2) is 48.5 Å². The summed E-state index contributed by atoms with van der Waals surface area (Å²) in [4.78, 5) is 23.3. The Morgan fingerprint density at radius 3 is 2.64 bits per heavy atom. The first-order valence-electron chi connectivity index (χ1n) is 6.49. The lowest BCUT2D eigenvalue weighted by Crippen LogP contribution is -2.21. The average molecular weight is 322 g/mol. The maximum atomic E-state index is 13.0. The van der Waals surface area contributed by atoms with E-state index in [2.05, 4.69) is 5.32 Å². The molecule has 114 valence electrons. The molecule has 22 heavy (non-hydrogen) atoms. The molecule has 2 aromatic rings. The van der Waals surface area contributed by atoms with Crippen molar-refractivity contribution in [2.75, 3.05) is 11.9 Å². The number of amides is 1. The van der Waals surface area contributed by atoms with Crippen molar-refractivity contribution in [3.05, 3.63) is 64.9 Å². The van der Waals surface area contributed by atoms with E-state index in [1.165, 1.54) is 18.2 Å². The molecule has 0 radical (unpaired) electrons. The predicted molar refractivity (Wildman–Crippen MR) is 81.1 cm³/mol. The number of rotatable bonds is 5. The molecule has 0 atom stereocenters. The highest BCUT2D eigenvalue weighted by atomic mass is 35.5. The lowest BCUT2D eigenvalue weighted by atomic mass is 10.1. The Morgan fingerprint density at radius 1 is 1.14 bits per heavy atom. The minimum absolute atomic E-state index is 0.100. The van der Waals surface area contributed by atoms with Gasteiger partial charge in [-0.05, 0) is 29.8 Å². The van der Waals surface area contributed by atoms with Crippen molar-refractivity contribution in [2.45, 2.75) is 6.42 Å². The molecule has 2 rings (SSSR count). The first-order valence-corrected chi connectivity index (χ1v) is 6.87. The van der Waals surface area contributed by atoms with Crippen LogP contribution >= 0.6 is 11.6 Å². The van der Waals surface area contributed by atoms with Crippen LogP contribution < -0.4 is 5.32 Å². The van der Waals surface area contributed by atoms with Crippen LogP contribution in [0.25, 0.3) is 0 Å². The van der Waals surface area contributed by atoms with E-state index in [-0.39, 0.29) is 6.42 Å². The number of esters is 1. The second kappa shape index (κ2) is 7.56. The lowest BCUT2D eigenvalue weighted by molar-refractivity contribution is -0.146. The third kappa shape index (κ3) is 4.86. The maximum absolute atomic E-state index is 13.0. The van der Waals surface area contributed by atoms with Crippen molar-refractivity contribution >= 4 is 29.2 Å². The second-order valence-corrected chi connectivity index (χ2v) is 4.90. The summed E-state index contributed by atoms with van der Waals surface area (Å²) in [6, 6.07) is 12.4. The number of nitrogens with one attached hydrogen (secondary N) is 1. The fourth-order valence-corrected chi connectivity index (χ4v) is 1.94. The molecule has 0 heterocycles. The topological polar surface area (TPSA) is 55.4 Å². The standard InChI is InChI=1S/C16H13ClFNO3/c17-13-6-1-2-7-14(13)19-15(20)10-22-16(21)9-11-4-3-5-12(18)8-11/h1-8H,9-10H2,(H,19,20). The number of ether oxygens (including phenoxy) is 1. The molecule has 1 N–H and O–H groups in total. The second-order valence-electron chi connectivity index (χ2n) is 4.50.